The van der Waals surface area contributed by atoms with Crippen LogP contribution in [0.1, 0.15) is 5.56 Å². The molecule has 2 N–H and O–H groups in total. The molecule has 0 saturated heterocycles. The van der Waals surface area contributed by atoms with Crippen LogP contribution in [0.25, 0.3) is 11.1 Å². The third kappa shape index (κ3) is 2.30. The molecule has 2 rings (SSSR count). The fraction of sp³-hybridized carbons (Fsp3) is 0.200. The standard InChI is InChI=1S/C15H17FN2/c1-10-8-12(9-14(16)15(10)17)11-4-6-13(7-5-11)18(2)3/h4-9H,17H2,1-3H3. The molecule has 94 valence electrons. The molecule has 0 aliphatic heterocycles. The van der Waals surface area contributed by atoms with E-state index in [9.17, 15) is 4.39 Å². The minimum absolute atomic E-state index is 0.226. The van der Waals surface area contributed by atoms with Crippen LogP contribution in [0.4, 0.5) is 15.8 Å². The zero-order valence-electron chi connectivity index (χ0n) is 10.9. The second-order valence-electron chi connectivity index (χ2n) is 4.63. The fourth-order valence-electron chi connectivity index (χ4n) is 1.87. The molecule has 0 aromatic heterocycles. The summed E-state index contributed by atoms with van der Waals surface area (Å²) in [6.45, 7) is 1.82. The number of nitrogens with zero attached hydrogens (tertiary/aromatic N) is 1. The maximum absolute atomic E-state index is 13.6. The van der Waals surface area contributed by atoms with Crippen LogP contribution in [0.5, 0.6) is 0 Å². The van der Waals surface area contributed by atoms with Gasteiger partial charge in [-0.2, -0.15) is 0 Å². The summed E-state index contributed by atoms with van der Waals surface area (Å²) in [5.41, 5.74) is 9.56. The van der Waals surface area contributed by atoms with Gasteiger partial charge in [-0.15, -0.1) is 0 Å². The van der Waals surface area contributed by atoms with Gasteiger partial charge in [0.05, 0.1) is 5.69 Å². The van der Waals surface area contributed by atoms with Crippen molar-refractivity contribution in [3.8, 4) is 11.1 Å². The van der Waals surface area contributed by atoms with Crippen LogP contribution >= 0.6 is 0 Å². The number of benzene rings is 2. The number of anilines is 2. The number of hydrogen-bond donors (Lipinski definition) is 1. The van der Waals surface area contributed by atoms with Crippen LogP contribution in [-0.4, -0.2) is 14.1 Å². The largest absolute Gasteiger partial charge is 0.396 e. The van der Waals surface area contributed by atoms with E-state index in [1.165, 1.54) is 6.07 Å². The Morgan fingerprint density at radius 2 is 1.61 bits per heavy atom. The van der Waals surface area contributed by atoms with Gasteiger partial charge in [-0.1, -0.05) is 12.1 Å². The van der Waals surface area contributed by atoms with Gasteiger partial charge in [0.15, 0.2) is 0 Å². The highest BCUT2D eigenvalue weighted by Crippen LogP contribution is 2.27. The summed E-state index contributed by atoms with van der Waals surface area (Å²) in [5, 5.41) is 0. The SMILES string of the molecule is Cc1cc(-c2ccc(N(C)C)cc2)cc(F)c1N. The highest BCUT2D eigenvalue weighted by molar-refractivity contribution is 5.69. The van der Waals surface area contributed by atoms with E-state index in [2.05, 4.69) is 0 Å². The molecule has 0 radical (unpaired) electrons. The molecule has 3 heteroatoms. The molecular weight excluding hydrogens is 227 g/mol. The van der Waals surface area contributed by atoms with Crippen molar-refractivity contribution >= 4 is 11.4 Å². The van der Waals surface area contributed by atoms with E-state index >= 15 is 0 Å². The zero-order valence-corrected chi connectivity index (χ0v) is 10.9. The summed E-state index contributed by atoms with van der Waals surface area (Å²) < 4.78 is 13.6. The second-order valence-corrected chi connectivity index (χ2v) is 4.63. The quantitative estimate of drug-likeness (QED) is 0.820. The molecule has 2 nitrogen and oxygen atoms in total. The van der Waals surface area contributed by atoms with Gasteiger partial charge < -0.3 is 10.6 Å². The van der Waals surface area contributed by atoms with Crippen LogP contribution < -0.4 is 10.6 Å². The molecule has 0 bridgehead atoms. The van der Waals surface area contributed by atoms with E-state index in [0.717, 1.165) is 22.4 Å². The van der Waals surface area contributed by atoms with Gasteiger partial charge in [0.25, 0.3) is 0 Å². The minimum atomic E-state index is -0.360. The van der Waals surface area contributed by atoms with Gasteiger partial charge in [0.2, 0.25) is 0 Å². The summed E-state index contributed by atoms with van der Waals surface area (Å²) in [7, 11) is 3.98. The zero-order chi connectivity index (χ0) is 13.3. The van der Waals surface area contributed by atoms with Crippen molar-refractivity contribution in [3.63, 3.8) is 0 Å². The second kappa shape index (κ2) is 4.69. The van der Waals surface area contributed by atoms with Gasteiger partial charge in [0, 0.05) is 19.8 Å². The van der Waals surface area contributed by atoms with Crippen molar-refractivity contribution in [1.82, 2.24) is 0 Å². The molecule has 0 aliphatic carbocycles. The van der Waals surface area contributed by atoms with Crippen LogP contribution in [0.3, 0.4) is 0 Å². The number of hydrogen-bond acceptors (Lipinski definition) is 2. The Morgan fingerprint density at radius 1 is 1.00 bits per heavy atom. The predicted molar refractivity (Wildman–Crippen MR) is 75.3 cm³/mol. The molecule has 0 aliphatic rings. The van der Waals surface area contributed by atoms with Crippen LogP contribution in [0, 0.1) is 12.7 Å². The molecule has 0 spiro atoms. The minimum Gasteiger partial charge on any atom is -0.396 e. The summed E-state index contributed by atoms with van der Waals surface area (Å²) in [5.74, 6) is -0.360. The number of halogens is 1. The van der Waals surface area contributed by atoms with Crippen molar-refractivity contribution < 1.29 is 4.39 Å². The lowest BCUT2D eigenvalue weighted by atomic mass is 10.0. The number of nitrogen functional groups attached to an aromatic ring is 1. The van der Waals surface area contributed by atoms with Crippen molar-refractivity contribution in [1.29, 1.82) is 0 Å². The highest BCUT2D eigenvalue weighted by atomic mass is 19.1. The van der Waals surface area contributed by atoms with Crippen LogP contribution in [0.15, 0.2) is 36.4 Å². The van der Waals surface area contributed by atoms with Gasteiger partial charge in [0.1, 0.15) is 5.82 Å². The third-order valence-electron chi connectivity index (χ3n) is 3.05. The lowest BCUT2D eigenvalue weighted by molar-refractivity contribution is 0.632. The number of aryl methyl sites for hydroxylation is 1. The molecule has 18 heavy (non-hydrogen) atoms. The maximum atomic E-state index is 13.6. The summed E-state index contributed by atoms with van der Waals surface area (Å²) in [6, 6.07) is 11.4. The van der Waals surface area contributed by atoms with Crippen molar-refractivity contribution in [2.75, 3.05) is 24.7 Å². The third-order valence-corrected chi connectivity index (χ3v) is 3.05. The number of rotatable bonds is 2. The Kier molecular flexibility index (Phi) is 3.24. The maximum Gasteiger partial charge on any atom is 0.146 e. The van der Waals surface area contributed by atoms with Gasteiger partial charge in [-0.05, 0) is 47.9 Å². The molecule has 2 aromatic rings. The molecule has 0 unspecified atom stereocenters. The first kappa shape index (κ1) is 12.4. The molecule has 2 aromatic carbocycles. The van der Waals surface area contributed by atoms with E-state index in [1.54, 1.807) is 0 Å². The predicted octanol–water partition coefficient (Wildman–Crippen LogP) is 3.45. The normalized spacial score (nSPS) is 10.4. The van der Waals surface area contributed by atoms with Gasteiger partial charge in [-0.25, -0.2) is 4.39 Å². The Hall–Kier alpha value is -2.03. The highest BCUT2D eigenvalue weighted by Gasteiger charge is 2.06. The molecule has 0 fully saturated rings. The van der Waals surface area contributed by atoms with E-state index < -0.39 is 0 Å². The lowest BCUT2D eigenvalue weighted by Crippen LogP contribution is -2.07. The van der Waals surface area contributed by atoms with Crippen molar-refractivity contribution in [2.45, 2.75) is 6.92 Å². The van der Waals surface area contributed by atoms with E-state index in [1.807, 2.05) is 56.3 Å². The first-order valence-electron chi connectivity index (χ1n) is 5.82. The summed E-state index contributed by atoms with van der Waals surface area (Å²) in [4.78, 5) is 2.03. The summed E-state index contributed by atoms with van der Waals surface area (Å²) >= 11 is 0. The van der Waals surface area contributed by atoms with Crippen molar-refractivity contribution in [3.05, 3.63) is 47.8 Å². The molecular formula is C15H17FN2. The van der Waals surface area contributed by atoms with E-state index in [4.69, 9.17) is 5.73 Å². The van der Waals surface area contributed by atoms with Crippen LogP contribution in [0.2, 0.25) is 0 Å². The Morgan fingerprint density at radius 3 is 2.11 bits per heavy atom. The Labute approximate surface area is 107 Å². The Bertz CT molecular complexity index is 536. The van der Waals surface area contributed by atoms with Gasteiger partial charge >= 0.3 is 0 Å². The fourth-order valence-corrected chi connectivity index (χ4v) is 1.87. The van der Waals surface area contributed by atoms with E-state index in [0.29, 0.717) is 0 Å². The average molecular weight is 244 g/mol. The van der Waals surface area contributed by atoms with Gasteiger partial charge in [-0.3, -0.25) is 0 Å². The first-order chi connectivity index (χ1) is 8.49. The molecule has 0 heterocycles. The topological polar surface area (TPSA) is 29.3 Å². The van der Waals surface area contributed by atoms with E-state index in [-0.39, 0.29) is 11.5 Å². The lowest BCUT2D eigenvalue weighted by Gasteiger charge is -2.13. The first-order valence-corrected chi connectivity index (χ1v) is 5.82. The summed E-state index contributed by atoms with van der Waals surface area (Å²) in [6.07, 6.45) is 0. The Balaban J connectivity index is 2.43. The number of nitrogens with two attached hydrogens (primary N) is 1. The molecule has 0 saturated carbocycles. The average Bonchev–Trinajstić information content (AvgIpc) is 2.35. The van der Waals surface area contributed by atoms with Crippen LogP contribution in [-0.2, 0) is 0 Å². The monoisotopic (exact) mass is 244 g/mol. The smallest absolute Gasteiger partial charge is 0.146 e. The molecule has 0 atom stereocenters. The molecule has 0 amide bonds. The van der Waals surface area contributed by atoms with Crippen molar-refractivity contribution in [2.24, 2.45) is 0 Å².